The largest absolute Gasteiger partial charge is 0.310 e. The second-order valence-electron chi connectivity index (χ2n) is 12.2. The number of rotatable bonds is 7. The second kappa shape index (κ2) is 12.8. The van der Waals surface area contributed by atoms with Crippen molar-refractivity contribution in [2.75, 3.05) is 4.90 Å². The lowest BCUT2D eigenvalue weighted by atomic mass is 9.80. The van der Waals surface area contributed by atoms with Gasteiger partial charge in [0.05, 0.1) is 0 Å². The molecule has 6 aromatic rings. The Kier molecular flexibility index (Phi) is 7.79. The van der Waals surface area contributed by atoms with Crippen molar-refractivity contribution in [2.45, 2.75) is 0 Å². The van der Waals surface area contributed by atoms with Gasteiger partial charge in [-0.1, -0.05) is 164 Å². The zero-order valence-corrected chi connectivity index (χ0v) is 26.2. The summed E-state index contributed by atoms with van der Waals surface area (Å²) in [6, 6.07) is 56.7. The molecule has 2 atom stereocenters. The van der Waals surface area contributed by atoms with Crippen molar-refractivity contribution in [1.29, 1.82) is 0 Å². The van der Waals surface area contributed by atoms with Gasteiger partial charge in [0.2, 0.25) is 0 Å². The molecule has 0 fully saturated rings. The molecule has 6 aromatic carbocycles. The number of fused-ring (bicyclic) bond motifs is 1. The summed E-state index contributed by atoms with van der Waals surface area (Å²) in [5.41, 5.74) is 13.1. The fourth-order valence-electron chi connectivity index (χ4n) is 6.75. The van der Waals surface area contributed by atoms with Gasteiger partial charge in [-0.15, -0.1) is 0 Å². The maximum Gasteiger partial charge on any atom is 0.0468 e. The van der Waals surface area contributed by atoms with Crippen LogP contribution in [0.4, 0.5) is 17.1 Å². The van der Waals surface area contributed by atoms with Gasteiger partial charge >= 0.3 is 0 Å². The Morgan fingerprint density at radius 3 is 1.38 bits per heavy atom. The van der Waals surface area contributed by atoms with Crippen LogP contribution in [0.1, 0.15) is 5.56 Å². The Labute approximate surface area is 277 Å². The Morgan fingerprint density at radius 1 is 0.362 bits per heavy atom. The molecule has 0 N–H and O–H groups in total. The van der Waals surface area contributed by atoms with E-state index in [4.69, 9.17) is 0 Å². The lowest BCUT2D eigenvalue weighted by Crippen LogP contribution is -2.12. The highest BCUT2D eigenvalue weighted by atomic mass is 15.1. The van der Waals surface area contributed by atoms with Gasteiger partial charge in [0, 0.05) is 28.9 Å². The van der Waals surface area contributed by atoms with Crippen molar-refractivity contribution >= 4 is 22.6 Å². The molecular weight excluding hydrogens is 567 g/mol. The molecule has 2 unspecified atom stereocenters. The van der Waals surface area contributed by atoms with Crippen LogP contribution in [0.2, 0.25) is 0 Å². The molecule has 47 heavy (non-hydrogen) atoms. The van der Waals surface area contributed by atoms with Crippen LogP contribution in [0.3, 0.4) is 0 Å². The molecule has 0 radical (unpaired) electrons. The van der Waals surface area contributed by atoms with Crippen LogP contribution in [0.15, 0.2) is 200 Å². The molecule has 224 valence electrons. The Morgan fingerprint density at radius 2 is 0.830 bits per heavy atom. The zero-order valence-electron chi connectivity index (χ0n) is 26.2. The van der Waals surface area contributed by atoms with Gasteiger partial charge in [-0.05, 0) is 80.9 Å². The van der Waals surface area contributed by atoms with Crippen LogP contribution in [0.5, 0.6) is 0 Å². The van der Waals surface area contributed by atoms with Gasteiger partial charge in [0.1, 0.15) is 0 Å². The van der Waals surface area contributed by atoms with Crippen LogP contribution in [-0.4, -0.2) is 0 Å². The van der Waals surface area contributed by atoms with E-state index in [0.29, 0.717) is 11.8 Å². The van der Waals surface area contributed by atoms with Crippen molar-refractivity contribution in [2.24, 2.45) is 11.8 Å². The molecule has 0 amide bonds. The normalized spacial score (nSPS) is 16.4. The van der Waals surface area contributed by atoms with Gasteiger partial charge in [0.25, 0.3) is 0 Å². The highest BCUT2D eigenvalue weighted by Crippen LogP contribution is 2.42. The number of hydrogen-bond acceptors (Lipinski definition) is 1. The van der Waals surface area contributed by atoms with Gasteiger partial charge < -0.3 is 4.90 Å². The van der Waals surface area contributed by atoms with E-state index >= 15 is 0 Å². The molecule has 8 rings (SSSR count). The number of hydrogen-bond donors (Lipinski definition) is 0. The molecule has 0 aliphatic heterocycles. The standard InChI is InChI=1S/C46H35N/c1-4-12-34(13-5-1)37-22-26-42(27-23-37)47(43-28-24-38(25-29-43)35-14-6-2-7-15-35)44-30-31-45(46(33-44)39-17-8-3-9-18-39)41-21-20-36-16-10-11-19-40(36)32-41/h1-33,36,40H. The fraction of sp³-hybridized carbons (Fsp3) is 0.0435. The van der Waals surface area contributed by atoms with E-state index in [2.05, 4.69) is 205 Å². The maximum absolute atomic E-state index is 2.43. The van der Waals surface area contributed by atoms with Crippen molar-refractivity contribution in [1.82, 2.24) is 0 Å². The first kappa shape index (κ1) is 28.5. The minimum Gasteiger partial charge on any atom is -0.310 e. The van der Waals surface area contributed by atoms with Gasteiger partial charge in [0.15, 0.2) is 0 Å². The zero-order chi connectivity index (χ0) is 31.4. The molecule has 0 saturated heterocycles. The predicted octanol–water partition coefficient (Wildman–Crippen LogP) is 12.5. The highest BCUT2D eigenvalue weighted by molar-refractivity contribution is 5.90. The first-order chi connectivity index (χ1) is 23.3. The van der Waals surface area contributed by atoms with Crippen molar-refractivity contribution in [3.8, 4) is 33.4 Å². The molecule has 2 aliphatic rings. The van der Waals surface area contributed by atoms with E-state index < -0.39 is 0 Å². The predicted molar refractivity (Wildman–Crippen MR) is 200 cm³/mol. The fourth-order valence-corrected chi connectivity index (χ4v) is 6.75. The van der Waals surface area contributed by atoms with Crippen LogP contribution in [-0.2, 0) is 0 Å². The van der Waals surface area contributed by atoms with E-state index in [9.17, 15) is 0 Å². The number of nitrogens with zero attached hydrogens (tertiary/aromatic N) is 1. The van der Waals surface area contributed by atoms with Gasteiger partial charge in [-0.25, -0.2) is 0 Å². The van der Waals surface area contributed by atoms with Crippen molar-refractivity contribution in [3.05, 3.63) is 206 Å². The molecular formula is C46H35N. The smallest absolute Gasteiger partial charge is 0.0468 e. The van der Waals surface area contributed by atoms with E-state index in [0.717, 1.165) is 17.1 Å². The lowest BCUT2D eigenvalue weighted by Gasteiger charge is -2.28. The second-order valence-corrected chi connectivity index (χ2v) is 12.2. The summed E-state index contributed by atoms with van der Waals surface area (Å²) >= 11 is 0. The summed E-state index contributed by atoms with van der Waals surface area (Å²) in [6.45, 7) is 0. The molecule has 0 bridgehead atoms. The average molecular weight is 602 g/mol. The van der Waals surface area contributed by atoms with Crippen LogP contribution < -0.4 is 4.90 Å². The summed E-state index contributed by atoms with van der Waals surface area (Å²) in [5, 5.41) is 0. The van der Waals surface area contributed by atoms with E-state index in [1.165, 1.54) is 44.5 Å². The average Bonchev–Trinajstić information content (AvgIpc) is 3.16. The molecule has 0 spiro atoms. The summed E-state index contributed by atoms with van der Waals surface area (Å²) in [6.07, 6.45) is 16.0. The molecule has 2 aliphatic carbocycles. The summed E-state index contributed by atoms with van der Waals surface area (Å²) in [7, 11) is 0. The summed E-state index contributed by atoms with van der Waals surface area (Å²) in [5.74, 6) is 0.808. The van der Waals surface area contributed by atoms with Crippen LogP contribution in [0.25, 0.3) is 39.0 Å². The first-order valence-corrected chi connectivity index (χ1v) is 16.4. The Hall–Kier alpha value is -5.92. The quantitative estimate of drug-likeness (QED) is 0.176. The molecule has 1 heteroatoms. The molecule has 0 heterocycles. The maximum atomic E-state index is 2.43. The molecule has 1 nitrogen and oxygen atoms in total. The van der Waals surface area contributed by atoms with Gasteiger partial charge in [-0.2, -0.15) is 0 Å². The van der Waals surface area contributed by atoms with E-state index in [-0.39, 0.29) is 0 Å². The number of anilines is 3. The Bertz CT molecular complexity index is 2020. The number of allylic oxidation sites excluding steroid dienone is 8. The minimum atomic E-state index is 0.381. The SMILES string of the molecule is C1=CC2C=CC(c3ccc(N(c4ccc(-c5ccccc5)cc4)c4ccc(-c5ccccc5)cc4)cc3-c3ccccc3)=CC2C=C1. The third kappa shape index (κ3) is 5.92. The topological polar surface area (TPSA) is 3.24 Å². The highest BCUT2D eigenvalue weighted by Gasteiger charge is 2.21. The van der Waals surface area contributed by atoms with E-state index in [1.54, 1.807) is 0 Å². The summed E-state index contributed by atoms with van der Waals surface area (Å²) < 4.78 is 0. The minimum absolute atomic E-state index is 0.381. The van der Waals surface area contributed by atoms with Crippen LogP contribution >= 0.6 is 0 Å². The van der Waals surface area contributed by atoms with Crippen LogP contribution in [0, 0.1) is 11.8 Å². The first-order valence-electron chi connectivity index (χ1n) is 16.4. The third-order valence-corrected chi connectivity index (χ3v) is 9.21. The summed E-state index contributed by atoms with van der Waals surface area (Å²) in [4.78, 5) is 2.37. The van der Waals surface area contributed by atoms with Crippen molar-refractivity contribution < 1.29 is 0 Å². The monoisotopic (exact) mass is 601 g/mol. The third-order valence-electron chi connectivity index (χ3n) is 9.21. The lowest BCUT2D eigenvalue weighted by molar-refractivity contribution is 0.663. The molecule has 0 aromatic heterocycles. The molecule has 0 saturated carbocycles. The van der Waals surface area contributed by atoms with E-state index in [1.807, 2.05) is 0 Å². The Balaban J connectivity index is 1.25. The van der Waals surface area contributed by atoms with Crippen molar-refractivity contribution in [3.63, 3.8) is 0 Å². The number of benzene rings is 6. The van der Waals surface area contributed by atoms with Gasteiger partial charge in [-0.3, -0.25) is 0 Å².